The first-order valence-corrected chi connectivity index (χ1v) is 8.11. The number of hydrogen-bond donors (Lipinski definition) is 1. The Morgan fingerprint density at radius 2 is 1.76 bits per heavy atom. The lowest BCUT2D eigenvalue weighted by molar-refractivity contribution is 0.401. The van der Waals surface area contributed by atoms with E-state index >= 15 is 0 Å². The minimum absolute atomic E-state index is 0.200. The van der Waals surface area contributed by atoms with Crippen LogP contribution in [0.3, 0.4) is 0 Å². The Hall–Kier alpha value is -1.85. The maximum Gasteiger partial charge on any atom is 0.244 e. The Bertz CT molecular complexity index is 725. The molecule has 1 N–H and O–H groups in total. The molecule has 0 spiro atoms. The lowest BCUT2D eigenvalue weighted by atomic mass is 10.1. The van der Waals surface area contributed by atoms with E-state index < -0.39 is 10.0 Å². The Labute approximate surface area is 125 Å². The summed E-state index contributed by atoms with van der Waals surface area (Å²) in [5.74, 6) is 0.369. The molecule has 5 heteroatoms. The number of benzene rings is 2. The molecule has 0 aromatic heterocycles. The van der Waals surface area contributed by atoms with Crippen LogP contribution in [0.2, 0.25) is 0 Å². The Balaban J connectivity index is 2.32. The summed E-state index contributed by atoms with van der Waals surface area (Å²) < 4.78 is 32.9. The highest BCUT2D eigenvalue weighted by atomic mass is 32.2. The number of rotatable bonds is 5. The molecule has 112 valence electrons. The second kappa shape index (κ2) is 6.28. The van der Waals surface area contributed by atoms with Gasteiger partial charge in [-0.25, -0.2) is 13.1 Å². The summed E-state index contributed by atoms with van der Waals surface area (Å²) in [6.07, 6.45) is 0. The molecule has 0 aliphatic carbocycles. The molecule has 0 fully saturated rings. The van der Waals surface area contributed by atoms with Crippen LogP contribution in [0.15, 0.2) is 47.4 Å². The molecule has 0 amide bonds. The summed E-state index contributed by atoms with van der Waals surface area (Å²) in [5, 5.41) is 0. The molecule has 0 heterocycles. The second-order valence-electron chi connectivity index (χ2n) is 4.92. The summed E-state index contributed by atoms with van der Waals surface area (Å²) in [6.45, 7) is 3.93. The van der Waals surface area contributed by atoms with Crippen LogP contribution in [0.25, 0.3) is 0 Å². The zero-order valence-corrected chi connectivity index (χ0v) is 13.2. The average molecular weight is 305 g/mol. The molecule has 2 aromatic rings. The van der Waals surface area contributed by atoms with Gasteiger partial charge < -0.3 is 4.74 Å². The van der Waals surface area contributed by atoms with Crippen molar-refractivity contribution in [3.8, 4) is 5.75 Å². The van der Waals surface area contributed by atoms with Gasteiger partial charge in [-0.3, -0.25) is 0 Å². The quantitative estimate of drug-likeness (QED) is 0.924. The molecule has 4 nitrogen and oxygen atoms in total. The fourth-order valence-corrected chi connectivity index (χ4v) is 3.65. The summed E-state index contributed by atoms with van der Waals surface area (Å²) in [5.41, 5.74) is 2.54. The smallest absolute Gasteiger partial charge is 0.244 e. The maximum absolute atomic E-state index is 12.5. The average Bonchev–Trinajstić information content (AvgIpc) is 2.45. The number of nitrogens with one attached hydrogen (secondary N) is 1. The molecule has 0 aliphatic rings. The Morgan fingerprint density at radius 1 is 1.10 bits per heavy atom. The van der Waals surface area contributed by atoms with Gasteiger partial charge in [0.25, 0.3) is 0 Å². The van der Waals surface area contributed by atoms with Crippen molar-refractivity contribution in [3.63, 3.8) is 0 Å². The fraction of sp³-hybridized carbons (Fsp3) is 0.250. The SMILES string of the molecule is COc1cc(C)cc(C)c1S(=O)(=O)NCc1ccccc1. The molecule has 0 aliphatic heterocycles. The summed E-state index contributed by atoms with van der Waals surface area (Å²) in [7, 11) is -2.15. The third-order valence-corrected chi connectivity index (χ3v) is 4.77. The van der Waals surface area contributed by atoms with Crippen LogP contribution in [0, 0.1) is 13.8 Å². The van der Waals surface area contributed by atoms with Gasteiger partial charge in [0.15, 0.2) is 0 Å². The van der Waals surface area contributed by atoms with Crippen LogP contribution in [0.4, 0.5) is 0 Å². The minimum Gasteiger partial charge on any atom is -0.495 e. The zero-order valence-electron chi connectivity index (χ0n) is 12.4. The van der Waals surface area contributed by atoms with Gasteiger partial charge in [0.05, 0.1) is 7.11 Å². The maximum atomic E-state index is 12.5. The summed E-state index contributed by atoms with van der Waals surface area (Å²) >= 11 is 0. The van der Waals surface area contributed by atoms with E-state index in [2.05, 4.69) is 4.72 Å². The topological polar surface area (TPSA) is 55.4 Å². The molecule has 0 saturated heterocycles. The highest BCUT2D eigenvalue weighted by Gasteiger charge is 2.22. The first-order chi connectivity index (χ1) is 9.94. The summed E-state index contributed by atoms with van der Waals surface area (Å²) in [4.78, 5) is 0.200. The van der Waals surface area contributed by atoms with E-state index in [1.165, 1.54) is 7.11 Å². The van der Waals surface area contributed by atoms with Crippen LogP contribution in [-0.4, -0.2) is 15.5 Å². The number of sulfonamides is 1. The Kier molecular flexibility index (Phi) is 4.65. The van der Waals surface area contributed by atoms with Crippen molar-refractivity contribution in [1.82, 2.24) is 4.72 Å². The normalized spacial score (nSPS) is 11.4. The van der Waals surface area contributed by atoms with Gasteiger partial charge in [-0.05, 0) is 36.6 Å². The number of ether oxygens (including phenoxy) is 1. The van der Waals surface area contributed by atoms with Crippen molar-refractivity contribution in [1.29, 1.82) is 0 Å². The van der Waals surface area contributed by atoms with Crippen molar-refractivity contribution < 1.29 is 13.2 Å². The number of aryl methyl sites for hydroxylation is 2. The monoisotopic (exact) mass is 305 g/mol. The molecule has 21 heavy (non-hydrogen) atoms. The van der Waals surface area contributed by atoms with Gasteiger partial charge >= 0.3 is 0 Å². The second-order valence-corrected chi connectivity index (χ2v) is 6.63. The molecule has 2 aromatic carbocycles. The third kappa shape index (κ3) is 3.62. The first-order valence-electron chi connectivity index (χ1n) is 6.63. The van der Waals surface area contributed by atoms with E-state index in [0.717, 1.165) is 11.1 Å². The van der Waals surface area contributed by atoms with E-state index in [4.69, 9.17) is 4.74 Å². The predicted molar refractivity (Wildman–Crippen MR) is 82.9 cm³/mol. The highest BCUT2D eigenvalue weighted by molar-refractivity contribution is 7.89. The minimum atomic E-state index is -3.62. The van der Waals surface area contributed by atoms with Crippen LogP contribution in [-0.2, 0) is 16.6 Å². The highest BCUT2D eigenvalue weighted by Crippen LogP contribution is 2.28. The molecule has 0 unspecified atom stereocenters. The van der Waals surface area contributed by atoms with Gasteiger partial charge in [-0.2, -0.15) is 0 Å². The fourth-order valence-electron chi connectivity index (χ4n) is 2.26. The van der Waals surface area contributed by atoms with Gasteiger partial charge in [0, 0.05) is 6.54 Å². The van der Waals surface area contributed by atoms with Crippen LogP contribution >= 0.6 is 0 Å². The van der Waals surface area contributed by atoms with Crippen molar-refractivity contribution >= 4 is 10.0 Å². The molecular formula is C16H19NO3S. The van der Waals surface area contributed by atoms with Crippen LogP contribution in [0.5, 0.6) is 5.75 Å². The zero-order chi connectivity index (χ0) is 15.5. The van der Waals surface area contributed by atoms with Crippen molar-refractivity contribution in [2.75, 3.05) is 7.11 Å². The largest absolute Gasteiger partial charge is 0.495 e. The molecule has 0 atom stereocenters. The predicted octanol–water partition coefficient (Wildman–Crippen LogP) is 2.79. The molecule has 0 saturated carbocycles. The first kappa shape index (κ1) is 15.5. The lowest BCUT2D eigenvalue weighted by Gasteiger charge is -2.14. The van der Waals surface area contributed by atoms with E-state index in [1.807, 2.05) is 43.3 Å². The third-order valence-electron chi connectivity index (χ3n) is 3.18. The van der Waals surface area contributed by atoms with E-state index in [0.29, 0.717) is 11.3 Å². The van der Waals surface area contributed by atoms with E-state index in [-0.39, 0.29) is 11.4 Å². The van der Waals surface area contributed by atoms with Crippen molar-refractivity contribution in [3.05, 3.63) is 59.2 Å². The lowest BCUT2D eigenvalue weighted by Crippen LogP contribution is -2.24. The molecule has 0 bridgehead atoms. The van der Waals surface area contributed by atoms with Crippen LogP contribution in [0.1, 0.15) is 16.7 Å². The van der Waals surface area contributed by atoms with Crippen molar-refractivity contribution in [2.45, 2.75) is 25.3 Å². The van der Waals surface area contributed by atoms with Gasteiger partial charge in [0.1, 0.15) is 10.6 Å². The van der Waals surface area contributed by atoms with Crippen molar-refractivity contribution in [2.24, 2.45) is 0 Å². The molecule has 0 radical (unpaired) electrons. The van der Waals surface area contributed by atoms with Gasteiger partial charge in [-0.1, -0.05) is 36.4 Å². The molecular weight excluding hydrogens is 286 g/mol. The van der Waals surface area contributed by atoms with Gasteiger partial charge in [-0.15, -0.1) is 0 Å². The van der Waals surface area contributed by atoms with E-state index in [9.17, 15) is 8.42 Å². The summed E-state index contributed by atoms with van der Waals surface area (Å²) in [6, 6.07) is 13.0. The number of methoxy groups -OCH3 is 1. The van der Waals surface area contributed by atoms with Gasteiger partial charge in [0.2, 0.25) is 10.0 Å². The Morgan fingerprint density at radius 3 is 2.38 bits per heavy atom. The number of hydrogen-bond acceptors (Lipinski definition) is 3. The molecule has 2 rings (SSSR count). The van der Waals surface area contributed by atoms with E-state index in [1.54, 1.807) is 13.0 Å². The van der Waals surface area contributed by atoms with Crippen LogP contribution < -0.4 is 9.46 Å². The standard InChI is InChI=1S/C16H19NO3S/c1-12-9-13(2)16(15(10-12)20-3)21(18,19)17-11-14-7-5-4-6-8-14/h4-10,17H,11H2,1-3H3.